The van der Waals surface area contributed by atoms with Gasteiger partial charge < -0.3 is 9.47 Å². The van der Waals surface area contributed by atoms with Crippen molar-refractivity contribution in [2.24, 2.45) is 0 Å². The molecule has 1 rings (SSSR count). The van der Waals surface area contributed by atoms with E-state index < -0.39 is 11.9 Å². The fraction of sp³-hybridized carbons (Fsp3) is 0.231. The number of carbonyl (C=O) groups excluding carboxylic acids is 2. The van der Waals surface area contributed by atoms with Crippen molar-refractivity contribution in [1.82, 2.24) is 0 Å². The zero-order valence-electron chi connectivity index (χ0n) is 9.91. The maximum absolute atomic E-state index is 11.3. The van der Waals surface area contributed by atoms with E-state index in [0.29, 0.717) is 12.2 Å². The molecule has 0 atom stereocenters. The fourth-order valence-electron chi connectivity index (χ4n) is 1.04. The van der Waals surface area contributed by atoms with Gasteiger partial charge in [-0.05, 0) is 19.9 Å². The topological polar surface area (TPSA) is 52.6 Å². The Labute approximate surface area is 99.9 Å². The molecule has 0 heterocycles. The Morgan fingerprint density at radius 1 is 1.12 bits per heavy atom. The molecule has 0 fully saturated rings. The molecule has 17 heavy (non-hydrogen) atoms. The lowest BCUT2D eigenvalue weighted by Crippen LogP contribution is -2.09. The van der Waals surface area contributed by atoms with Gasteiger partial charge in [-0.25, -0.2) is 9.59 Å². The molecule has 0 saturated carbocycles. The molecule has 4 nitrogen and oxygen atoms in total. The average molecular weight is 234 g/mol. The minimum atomic E-state index is -0.546. The lowest BCUT2D eigenvalue weighted by molar-refractivity contribution is -0.138. The molecule has 0 aromatic heterocycles. The van der Waals surface area contributed by atoms with Crippen LogP contribution in [0, 0.1) is 0 Å². The minimum absolute atomic E-state index is 0.243. The Hall–Kier alpha value is -2.10. The van der Waals surface area contributed by atoms with E-state index in [1.165, 1.54) is 0 Å². The summed E-state index contributed by atoms with van der Waals surface area (Å²) in [4.78, 5) is 22.6. The number of carbonyl (C=O) groups is 2. The molecule has 0 aliphatic heterocycles. The van der Waals surface area contributed by atoms with E-state index in [9.17, 15) is 9.59 Å². The van der Waals surface area contributed by atoms with Gasteiger partial charge in [0.05, 0.1) is 0 Å². The van der Waals surface area contributed by atoms with Crippen LogP contribution in [0.4, 0.5) is 0 Å². The van der Waals surface area contributed by atoms with E-state index in [1.54, 1.807) is 26.0 Å². The second kappa shape index (κ2) is 5.30. The molecular weight excluding hydrogens is 220 g/mol. The number of hydrogen-bond acceptors (Lipinski definition) is 4. The molecule has 1 aliphatic carbocycles. The lowest BCUT2D eigenvalue weighted by atomic mass is 10.3. The first-order valence-electron chi connectivity index (χ1n) is 5.07. The highest BCUT2D eigenvalue weighted by molar-refractivity contribution is 5.89. The number of ether oxygens (including phenoxy) is 2. The Morgan fingerprint density at radius 2 is 1.65 bits per heavy atom. The van der Waals surface area contributed by atoms with Crippen molar-refractivity contribution >= 4 is 11.9 Å². The summed E-state index contributed by atoms with van der Waals surface area (Å²) in [6.45, 7) is 10.0. The Morgan fingerprint density at radius 3 is 2.18 bits per heavy atom. The third kappa shape index (κ3) is 3.45. The van der Waals surface area contributed by atoms with Crippen LogP contribution in [0.2, 0.25) is 0 Å². The molecule has 0 radical (unpaired) electrons. The highest BCUT2D eigenvalue weighted by Crippen LogP contribution is 2.22. The Balaban J connectivity index is 2.76. The maximum atomic E-state index is 11.3. The molecule has 90 valence electrons. The van der Waals surface area contributed by atoms with Crippen molar-refractivity contribution in [2.45, 2.75) is 20.3 Å². The van der Waals surface area contributed by atoms with Gasteiger partial charge >= 0.3 is 11.9 Å². The highest BCUT2D eigenvalue weighted by atomic mass is 16.6. The van der Waals surface area contributed by atoms with Crippen LogP contribution in [-0.2, 0) is 19.1 Å². The summed E-state index contributed by atoms with van der Waals surface area (Å²) in [5.41, 5.74) is 0.568. The van der Waals surface area contributed by atoms with Crippen molar-refractivity contribution < 1.29 is 19.1 Å². The van der Waals surface area contributed by atoms with Crippen molar-refractivity contribution in [1.29, 1.82) is 0 Å². The molecule has 0 bridgehead atoms. The molecule has 0 saturated heterocycles. The normalized spacial score (nSPS) is 13.5. The summed E-state index contributed by atoms with van der Waals surface area (Å²) >= 11 is 0. The third-order valence-corrected chi connectivity index (χ3v) is 1.96. The summed E-state index contributed by atoms with van der Waals surface area (Å²) in [6.07, 6.45) is 3.74. The SMILES string of the molecule is C=C(C)C(=O)OC1=C(OC(=O)C(=C)C)CC=C1. The summed E-state index contributed by atoms with van der Waals surface area (Å²) in [5, 5.41) is 0. The van der Waals surface area contributed by atoms with Crippen LogP contribution in [0.15, 0.2) is 48.0 Å². The number of rotatable bonds is 4. The summed E-state index contributed by atoms with van der Waals surface area (Å²) in [5.74, 6) is -0.525. The van der Waals surface area contributed by atoms with Gasteiger partial charge in [0.2, 0.25) is 0 Å². The van der Waals surface area contributed by atoms with Crippen LogP contribution in [0.1, 0.15) is 20.3 Å². The first-order valence-corrected chi connectivity index (χ1v) is 5.07. The molecule has 0 aromatic carbocycles. The smallest absolute Gasteiger partial charge is 0.338 e. The van der Waals surface area contributed by atoms with Gasteiger partial charge in [-0.15, -0.1) is 0 Å². The molecule has 0 amide bonds. The van der Waals surface area contributed by atoms with Crippen molar-refractivity contribution in [3.8, 4) is 0 Å². The molecule has 1 aliphatic rings. The predicted molar refractivity (Wildman–Crippen MR) is 62.6 cm³/mol. The van der Waals surface area contributed by atoms with Crippen molar-refractivity contribution in [3.63, 3.8) is 0 Å². The van der Waals surface area contributed by atoms with Gasteiger partial charge in [0.1, 0.15) is 0 Å². The minimum Gasteiger partial charge on any atom is -0.423 e. The summed E-state index contributed by atoms with van der Waals surface area (Å²) in [6, 6.07) is 0. The van der Waals surface area contributed by atoms with Crippen LogP contribution in [0.3, 0.4) is 0 Å². The van der Waals surface area contributed by atoms with E-state index in [-0.39, 0.29) is 16.9 Å². The van der Waals surface area contributed by atoms with Gasteiger partial charge in [0.15, 0.2) is 11.5 Å². The van der Waals surface area contributed by atoms with E-state index in [1.807, 2.05) is 0 Å². The number of allylic oxidation sites excluding steroid dienone is 2. The van der Waals surface area contributed by atoms with Crippen molar-refractivity contribution in [3.05, 3.63) is 48.0 Å². The predicted octanol–water partition coefficient (Wildman–Crippen LogP) is 2.40. The molecular formula is C13H14O4. The first kappa shape index (κ1) is 13.0. The lowest BCUT2D eigenvalue weighted by Gasteiger charge is -2.08. The van der Waals surface area contributed by atoms with Gasteiger partial charge in [-0.3, -0.25) is 0 Å². The largest absolute Gasteiger partial charge is 0.423 e. The summed E-state index contributed by atoms with van der Waals surface area (Å²) in [7, 11) is 0. The maximum Gasteiger partial charge on any atom is 0.338 e. The Bertz CT molecular complexity index is 452. The summed E-state index contributed by atoms with van der Waals surface area (Å²) < 4.78 is 10.1. The van der Waals surface area contributed by atoms with Crippen LogP contribution >= 0.6 is 0 Å². The van der Waals surface area contributed by atoms with Gasteiger partial charge in [-0.2, -0.15) is 0 Å². The highest BCUT2D eigenvalue weighted by Gasteiger charge is 2.19. The molecule has 0 unspecified atom stereocenters. The van der Waals surface area contributed by atoms with Gasteiger partial charge in [0, 0.05) is 17.6 Å². The van der Waals surface area contributed by atoms with E-state index in [0.717, 1.165) is 0 Å². The van der Waals surface area contributed by atoms with Crippen LogP contribution in [0.5, 0.6) is 0 Å². The zero-order valence-corrected chi connectivity index (χ0v) is 9.91. The molecule has 0 N–H and O–H groups in total. The van der Waals surface area contributed by atoms with Crippen LogP contribution in [0.25, 0.3) is 0 Å². The fourth-order valence-corrected chi connectivity index (χ4v) is 1.04. The van der Waals surface area contributed by atoms with E-state index in [4.69, 9.17) is 9.47 Å². The number of hydrogen-bond donors (Lipinski definition) is 0. The zero-order chi connectivity index (χ0) is 13.0. The second-order valence-electron chi connectivity index (χ2n) is 3.73. The monoisotopic (exact) mass is 234 g/mol. The molecule has 0 aromatic rings. The van der Waals surface area contributed by atoms with Gasteiger partial charge in [0.25, 0.3) is 0 Å². The quantitative estimate of drug-likeness (QED) is 0.553. The van der Waals surface area contributed by atoms with E-state index >= 15 is 0 Å². The number of esters is 2. The van der Waals surface area contributed by atoms with Crippen LogP contribution in [-0.4, -0.2) is 11.9 Å². The standard InChI is InChI=1S/C13H14O4/c1-8(2)12(14)16-10-6-5-7-11(10)17-13(15)9(3)4/h5-6H,1,3,7H2,2,4H3. The van der Waals surface area contributed by atoms with E-state index in [2.05, 4.69) is 13.2 Å². The second-order valence-corrected chi connectivity index (χ2v) is 3.73. The van der Waals surface area contributed by atoms with Crippen molar-refractivity contribution in [2.75, 3.05) is 0 Å². The first-order chi connectivity index (χ1) is 7.91. The molecule has 0 spiro atoms. The van der Waals surface area contributed by atoms with Gasteiger partial charge in [-0.1, -0.05) is 19.2 Å². The average Bonchev–Trinajstić information content (AvgIpc) is 2.65. The molecule has 4 heteroatoms. The Kier molecular flexibility index (Phi) is 4.04. The van der Waals surface area contributed by atoms with Crippen LogP contribution < -0.4 is 0 Å². The third-order valence-electron chi connectivity index (χ3n) is 1.96.